The number of nitrogens with zero attached hydrogens (tertiary/aromatic N) is 1. The summed E-state index contributed by atoms with van der Waals surface area (Å²) in [5.41, 5.74) is 12.9. The van der Waals surface area contributed by atoms with E-state index >= 15 is 0 Å². The summed E-state index contributed by atoms with van der Waals surface area (Å²) < 4.78 is 10.6. The van der Waals surface area contributed by atoms with E-state index < -0.39 is 17.9 Å². The lowest BCUT2D eigenvalue weighted by Crippen LogP contribution is -2.40. The summed E-state index contributed by atoms with van der Waals surface area (Å²) in [6, 6.07) is 3.36. The highest BCUT2D eigenvalue weighted by atomic mass is 16.5. The number of rotatable bonds is 5. The lowest BCUT2D eigenvalue weighted by molar-refractivity contribution is -0.143. The number of ether oxygens (including phenoxy) is 2. The standard InChI is InChI=1S/C18H24N4O4/c1-9(2)25-17(23)13-12(11-5-7-21-8-6-11)14(16(20)22-15(13)19)18(24)26-10(3)4/h5-10,12,22H,19-20H2,1-4H3. The molecule has 0 aromatic carbocycles. The molecule has 0 amide bonds. The Hall–Kier alpha value is -3.03. The van der Waals surface area contributed by atoms with E-state index in [1.807, 2.05) is 0 Å². The topological polar surface area (TPSA) is 130 Å². The summed E-state index contributed by atoms with van der Waals surface area (Å²) in [5.74, 6) is -2.01. The minimum atomic E-state index is -0.822. The van der Waals surface area contributed by atoms with Crippen LogP contribution in [0.5, 0.6) is 0 Å². The van der Waals surface area contributed by atoms with Gasteiger partial charge in [0.1, 0.15) is 11.6 Å². The zero-order valence-electron chi connectivity index (χ0n) is 15.3. The van der Waals surface area contributed by atoms with E-state index in [4.69, 9.17) is 20.9 Å². The molecule has 1 aromatic heterocycles. The van der Waals surface area contributed by atoms with Gasteiger partial charge in [-0.3, -0.25) is 4.98 Å². The molecule has 0 radical (unpaired) electrons. The van der Waals surface area contributed by atoms with Crippen molar-refractivity contribution in [1.82, 2.24) is 10.3 Å². The minimum absolute atomic E-state index is 0.0380. The van der Waals surface area contributed by atoms with Crippen LogP contribution in [0, 0.1) is 0 Å². The van der Waals surface area contributed by atoms with Gasteiger partial charge in [-0.25, -0.2) is 9.59 Å². The quantitative estimate of drug-likeness (QED) is 0.664. The molecule has 1 aliphatic rings. The molecule has 0 fully saturated rings. The highest BCUT2D eigenvalue weighted by molar-refractivity contribution is 5.99. The van der Waals surface area contributed by atoms with Crippen LogP contribution in [0.15, 0.2) is 47.3 Å². The molecule has 0 bridgehead atoms. The van der Waals surface area contributed by atoms with Crippen LogP contribution in [-0.4, -0.2) is 29.1 Å². The van der Waals surface area contributed by atoms with E-state index in [1.165, 1.54) is 0 Å². The van der Waals surface area contributed by atoms with Gasteiger partial charge in [0.05, 0.1) is 29.3 Å². The summed E-state index contributed by atoms with van der Waals surface area (Å²) in [4.78, 5) is 29.3. The molecule has 0 saturated heterocycles. The average Bonchev–Trinajstić information content (AvgIpc) is 2.53. The van der Waals surface area contributed by atoms with E-state index in [0.29, 0.717) is 5.56 Å². The predicted octanol–water partition coefficient (Wildman–Crippen LogP) is 1.01. The Morgan fingerprint density at radius 2 is 1.38 bits per heavy atom. The molecule has 5 N–H and O–H groups in total. The Morgan fingerprint density at radius 3 is 1.77 bits per heavy atom. The Labute approximate surface area is 152 Å². The molecule has 8 nitrogen and oxygen atoms in total. The van der Waals surface area contributed by atoms with E-state index in [9.17, 15) is 9.59 Å². The fourth-order valence-electron chi connectivity index (χ4n) is 2.64. The molecule has 1 aromatic rings. The normalized spacial score (nSPS) is 15.3. The van der Waals surface area contributed by atoms with Crippen LogP contribution in [0.4, 0.5) is 0 Å². The van der Waals surface area contributed by atoms with Crippen LogP contribution in [0.3, 0.4) is 0 Å². The van der Waals surface area contributed by atoms with Crippen molar-refractivity contribution >= 4 is 11.9 Å². The van der Waals surface area contributed by atoms with E-state index in [1.54, 1.807) is 52.2 Å². The van der Waals surface area contributed by atoms with Crippen molar-refractivity contribution in [3.8, 4) is 0 Å². The predicted molar refractivity (Wildman–Crippen MR) is 95.0 cm³/mol. The number of dihydropyridines is 1. The molecular formula is C18H24N4O4. The van der Waals surface area contributed by atoms with Gasteiger partial charge in [0.25, 0.3) is 0 Å². The fourth-order valence-corrected chi connectivity index (χ4v) is 2.64. The van der Waals surface area contributed by atoms with Crippen LogP contribution in [0.2, 0.25) is 0 Å². The third-order valence-corrected chi connectivity index (χ3v) is 3.59. The molecule has 140 valence electrons. The molecule has 8 heteroatoms. The fraction of sp³-hybridized carbons (Fsp3) is 0.389. The summed E-state index contributed by atoms with van der Waals surface area (Å²) in [6.45, 7) is 6.91. The molecule has 0 atom stereocenters. The highest BCUT2D eigenvalue weighted by Crippen LogP contribution is 2.37. The lowest BCUT2D eigenvalue weighted by atomic mass is 9.82. The van der Waals surface area contributed by atoms with Crippen molar-refractivity contribution in [3.63, 3.8) is 0 Å². The second-order valence-corrected chi connectivity index (χ2v) is 6.40. The Balaban J connectivity index is 2.58. The Kier molecular flexibility index (Phi) is 5.86. The molecule has 0 saturated carbocycles. The molecule has 0 unspecified atom stereocenters. The largest absolute Gasteiger partial charge is 0.459 e. The van der Waals surface area contributed by atoms with E-state index in [-0.39, 0.29) is 35.0 Å². The van der Waals surface area contributed by atoms with Gasteiger partial charge in [-0.2, -0.15) is 0 Å². The first-order valence-corrected chi connectivity index (χ1v) is 8.30. The van der Waals surface area contributed by atoms with Crippen LogP contribution in [-0.2, 0) is 19.1 Å². The van der Waals surface area contributed by atoms with Gasteiger partial charge in [-0.1, -0.05) is 0 Å². The van der Waals surface area contributed by atoms with E-state index in [0.717, 1.165) is 0 Å². The number of nitrogens with two attached hydrogens (primary N) is 2. The number of esters is 2. The molecule has 2 heterocycles. The second-order valence-electron chi connectivity index (χ2n) is 6.40. The first-order valence-electron chi connectivity index (χ1n) is 8.30. The maximum Gasteiger partial charge on any atom is 0.338 e. The summed E-state index contributed by atoms with van der Waals surface area (Å²) in [5, 5.41) is 2.68. The number of carbonyl (C=O) groups excluding carboxylic acids is 2. The van der Waals surface area contributed by atoms with Crippen LogP contribution in [0.25, 0.3) is 0 Å². The van der Waals surface area contributed by atoms with Crippen molar-refractivity contribution in [2.24, 2.45) is 11.5 Å². The molecule has 26 heavy (non-hydrogen) atoms. The first-order chi connectivity index (χ1) is 12.2. The summed E-state index contributed by atoms with van der Waals surface area (Å²) in [7, 11) is 0. The van der Waals surface area contributed by atoms with Crippen molar-refractivity contribution in [1.29, 1.82) is 0 Å². The van der Waals surface area contributed by atoms with Crippen LogP contribution < -0.4 is 16.8 Å². The zero-order chi connectivity index (χ0) is 19.4. The van der Waals surface area contributed by atoms with Crippen LogP contribution in [0.1, 0.15) is 39.2 Å². The Morgan fingerprint density at radius 1 is 0.962 bits per heavy atom. The number of pyridine rings is 1. The van der Waals surface area contributed by atoms with Gasteiger partial charge in [-0.15, -0.1) is 0 Å². The smallest absolute Gasteiger partial charge is 0.338 e. The highest BCUT2D eigenvalue weighted by Gasteiger charge is 2.39. The number of aromatic nitrogens is 1. The number of nitrogens with one attached hydrogen (secondary N) is 1. The van der Waals surface area contributed by atoms with Gasteiger partial charge >= 0.3 is 11.9 Å². The van der Waals surface area contributed by atoms with Gasteiger partial charge < -0.3 is 26.3 Å². The number of hydrogen-bond acceptors (Lipinski definition) is 8. The maximum absolute atomic E-state index is 12.7. The maximum atomic E-state index is 12.7. The lowest BCUT2D eigenvalue weighted by Gasteiger charge is -2.30. The van der Waals surface area contributed by atoms with Crippen LogP contribution >= 0.6 is 0 Å². The monoisotopic (exact) mass is 360 g/mol. The van der Waals surface area contributed by atoms with Gasteiger partial charge in [0.2, 0.25) is 0 Å². The van der Waals surface area contributed by atoms with Crippen molar-refractivity contribution in [2.75, 3.05) is 0 Å². The molecule has 0 spiro atoms. The van der Waals surface area contributed by atoms with E-state index in [2.05, 4.69) is 10.3 Å². The first kappa shape index (κ1) is 19.3. The number of hydrogen-bond donors (Lipinski definition) is 3. The van der Waals surface area contributed by atoms with Crippen molar-refractivity contribution < 1.29 is 19.1 Å². The molecule has 1 aliphatic heterocycles. The van der Waals surface area contributed by atoms with Crippen molar-refractivity contribution in [3.05, 3.63) is 52.9 Å². The molecular weight excluding hydrogens is 336 g/mol. The summed E-state index contributed by atoms with van der Waals surface area (Å²) in [6.07, 6.45) is 2.41. The SMILES string of the molecule is CC(C)OC(=O)C1=C(N)NC(N)=C(C(=O)OC(C)C)C1c1ccncc1. The van der Waals surface area contributed by atoms with Crippen molar-refractivity contribution in [2.45, 2.75) is 45.8 Å². The Bertz CT molecular complexity index is 710. The molecule has 0 aliphatic carbocycles. The van der Waals surface area contributed by atoms with Gasteiger partial charge in [0, 0.05) is 12.4 Å². The summed E-state index contributed by atoms with van der Waals surface area (Å²) >= 11 is 0. The zero-order valence-corrected chi connectivity index (χ0v) is 15.3. The molecule has 2 rings (SSSR count). The van der Waals surface area contributed by atoms with Gasteiger partial charge in [-0.05, 0) is 45.4 Å². The van der Waals surface area contributed by atoms with Gasteiger partial charge in [0.15, 0.2) is 0 Å². The third-order valence-electron chi connectivity index (χ3n) is 3.59. The number of carbonyl (C=O) groups is 2. The minimum Gasteiger partial charge on any atom is -0.459 e. The second kappa shape index (κ2) is 7.90. The average molecular weight is 360 g/mol. The third kappa shape index (κ3) is 4.14.